The predicted octanol–water partition coefficient (Wildman–Crippen LogP) is 5.28. The van der Waals surface area contributed by atoms with Gasteiger partial charge in [0.1, 0.15) is 5.76 Å². The van der Waals surface area contributed by atoms with Crippen LogP contribution >= 0.6 is 0 Å². The minimum Gasteiger partial charge on any atom is -0.414 e. The van der Waals surface area contributed by atoms with Gasteiger partial charge >= 0.3 is 6.09 Å². The number of rotatable bonds is 11. The van der Waals surface area contributed by atoms with Gasteiger partial charge in [-0.15, -0.1) is 0 Å². The molecule has 2 aromatic carbocycles. The molecule has 0 heterocycles. The normalized spacial score (nSPS) is 14.1. The fourth-order valence-electron chi connectivity index (χ4n) is 4.25. The zero-order valence-corrected chi connectivity index (χ0v) is 21.3. The molecule has 180 valence electrons. The topological polar surface area (TPSA) is 44.8 Å². The summed E-state index contributed by atoms with van der Waals surface area (Å²) in [4.78, 5) is 17.1. The van der Waals surface area contributed by atoms with Crippen molar-refractivity contribution < 1.29 is 9.53 Å². The van der Waals surface area contributed by atoms with Crippen LogP contribution in [0, 0.1) is 0 Å². The Morgan fingerprint density at radius 3 is 1.94 bits per heavy atom. The smallest absolute Gasteiger partial charge is 0.414 e. The maximum absolute atomic E-state index is 13.2. The molecule has 0 aliphatic carbocycles. The van der Waals surface area contributed by atoms with Crippen molar-refractivity contribution in [2.75, 3.05) is 34.7 Å². The van der Waals surface area contributed by atoms with Crippen LogP contribution < -0.4 is 5.32 Å². The summed E-state index contributed by atoms with van der Waals surface area (Å²) in [5.41, 5.74) is 1.61. The van der Waals surface area contributed by atoms with E-state index in [1.807, 2.05) is 56.4 Å². The minimum absolute atomic E-state index is 0.221. The Balaban J connectivity index is 2.58. The van der Waals surface area contributed by atoms with Crippen molar-refractivity contribution >= 4 is 6.09 Å². The lowest BCUT2D eigenvalue weighted by Gasteiger charge is -2.40. The van der Waals surface area contributed by atoms with Gasteiger partial charge in [-0.25, -0.2) is 4.79 Å². The van der Waals surface area contributed by atoms with Gasteiger partial charge in [-0.1, -0.05) is 67.6 Å². The lowest BCUT2D eigenvalue weighted by molar-refractivity contribution is 0.118. The monoisotopic (exact) mass is 451 g/mol. The van der Waals surface area contributed by atoms with Crippen LogP contribution in [0.3, 0.4) is 0 Å². The van der Waals surface area contributed by atoms with Crippen molar-refractivity contribution in [1.82, 2.24) is 15.1 Å². The molecule has 0 aliphatic heterocycles. The second-order valence-corrected chi connectivity index (χ2v) is 8.95. The fraction of sp³-hybridized carbons (Fsp3) is 0.464. The van der Waals surface area contributed by atoms with Crippen molar-refractivity contribution in [1.29, 1.82) is 0 Å². The number of carbonyl (C=O) groups is 1. The van der Waals surface area contributed by atoms with Crippen LogP contribution in [0.25, 0.3) is 0 Å². The quantitative estimate of drug-likeness (QED) is 0.472. The van der Waals surface area contributed by atoms with Crippen LogP contribution in [0.1, 0.15) is 44.7 Å². The average molecular weight is 452 g/mol. The molecule has 2 atom stereocenters. The number of likely N-dealkylation sites (N-methyl/N-ethyl adjacent to an activating group) is 2. The van der Waals surface area contributed by atoms with Crippen LogP contribution in [-0.2, 0) is 10.2 Å². The van der Waals surface area contributed by atoms with Gasteiger partial charge in [0.2, 0.25) is 0 Å². The van der Waals surface area contributed by atoms with Crippen molar-refractivity contribution in [3.05, 3.63) is 83.6 Å². The van der Waals surface area contributed by atoms with E-state index in [-0.39, 0.29) is 18.2 Å². The molecular formula is C28H41N3O2. The van der Waals surface area contributed by atoms with Crippen molar-refractivity contribution in [2.45, 2.75) is 51.1 Å². The summed E-state index contributed by atoms with van der Waals surface area (Å²) in [6.07, 6.45) is 3.30. The summed E-state index contributed by atoms with van der Waals surface area (Å²) in [5.74, 6) is 0.656. The molecule has 0 bridgehead atoms. The molecule has 0 aliphatic rings. The molecule has 33 heavy (non-hydrogen) atoms. The molecule has 1 amide bonds. The highest BCUT2D eigenvalue weighted by Crippen LogP contribution is 2.44. The SMILES string of the molecule is C/C=C(\OC(=O)N(C)CC(CC)NC)C(CC(C)N(C)C)(c1ccccc1)c1ccccc1. The first-order chi connectivity index (χ1) is 15.8. The number of amides is 1. The Morgan fingerprint density at radius 1 is 1.03 bits per heavy atom. The van der Waals surface area contributed by atoms with Crippen LogP contribution in [0.2, 0.25) is 0 Å². The third kappa shape index (κ3) is 6.46. The van der Waals surface area contributed by atoms with Gasteiger partial charge in [0.05, 0.1) is 5.41 Å². The highest BCUT2D eigenvalue weighted by Gasteiger charge is 2.42. The molecule has 0 saturated heterocycles. The van der Waals surface area contributed by atoms with E-state index in [9.17, 15) is 4.79 Å². The Bertz CT molecular complexity index is 837. The molecule has 0 fully saturated rings. The number of carbonyl (C=O) groups excluding carboxylic acids is 1. The molecule has 0 radical (unpaired) electrons. The number of nitrogens with zero attached hydrogens (tertiary/aromatic N) is 2. The maximum Gasteiger partial charge on any atom is 0.414 e. The fourth-order valence-corrected chi connectivity index (χ4v) is 4.25. The lowest BCUT2D eigenvalue weighted by Crippen LogP contribution is -2.43. The molecule has 5 nitrogen and oxygen atoms in total. The number of nitrogens with one attached hydrogen (secondary N) is 1. The van der Waals surface area contributed by atoms with Gasteiger partial charge in [0, 0.05) is 25.7 Å². The van der Waals surface area contributed by atoms with Gasteiger partial charge in [-0.3, -0.25) is 0 Å². The predicted molar refractivity (Wildman–Crippen MR) is 137 cm³/mol. The molecule has 0 saturated carbocycles. The molecular weight excluding hydrogens is 410 g/mol. The second kappa shape index (κ2) is 12.6. The molecule has 2 aromatic rings. The van der Waals surface area contributed by atoms with E-state index in [1.54, 1.807) is 11.9 Å². The van der Waals surface area contributed by atoms with Crippen LogP contribution in [0.15, 0.2) is 72.5 Å². The largest absolute Gasteiger partial charge is 0.414 e. The Labute approximate surface area is 200 Å². The number of benzene rings is 2. The number of ether oxygens (including phenoxy) is 1. The van der Waals surface area contributed by atoms with Gasteiger partial charge in [-0.2, -0.15) is 0 Å². The Morgan fingerprint density at radius 2 is 1.55 bits per heavy atom. The first-order valence-electron chi connectivity index (χ1n) is 11.8. The van der Waals surface area contributed by atoms with E-state index >= 15 is 0 Å². The molecule has 1 N–H and O–H groups in total. The van der Waals surface area contributed by atoms with E-state index in [1.165, 1.54) is 0 Å². The Hall–Kier alpha value is -2.63. The van der Waals surface area contributed by atoms with E-state index in [4.69, 9.17) is 4.74 Å². The van der Waals surface area contributed by atoms with Crippen molar-refractivity contribution in [3.8, 4) is 0 Å². The summed E-state index contributed by atoms with van der Waals surface area (Å²) in [7, 11) is 7.89. The number of hydrogen-bond acceptors (Lipinski definition) is 4. The first kappa shape index (κ1) is 26.6. The highest BCUT2D eigenvalue weighted by molar-refractivity contribution is 5.69. The van der Waals surface area contributed by atoms with Crippen molar-refractivity contribution in [2.24, 2.45) is 0 Å². The second-order valence-electron chi connectivity index (χ2n) is 8.95. The summed E-state index contributed by atoms with van der Waals surface area (Å²) in [6.45, 7) is 6.85. The lowest BCUT2D eigenvalue weighted by atomic mass is 9.68. The summed E-state index contributed by atoms with van der Waals surface area (Å²) >= 11 is 0. The first-order valence-corrected chi connectivity index (χ1v) is 11.8. The van der Waals surface area contributed by atoms with E-state index in [0.29, 0.717) is 12.3 Å². The van der Waals surface area contributed by atoms with E-state index in [2.05, 4.69) is 62.4 Å². The zero-order chi connectivity index (χ0) is 24.4. The summed E-state index contributed by atoms with van der Waals surface area (Å²) < 4.78 is 6.21. The van der Waals surface area contributed by atoms with Crippen molar-refractivity contribution in [3.63, 3.8) is 0 Å². The Kier molecular flexibility index (Phi) is 10.1. The number of allylic oxidation sites excluding steroid dienone is 2. The van der Waals surface area contributed by atoms with Gasteiger partial charge in [-0.05, 0) is 65.0 Å². The average Bonchev–Trinajstić information content (AvgIpc) is 2.85. The summed E-state index contributed by atoms with van der Waals surface area (Å²) in [6, 6.07) is 21.2. The van der Waals surface area contributed by atoms with Gasteiger partial charge in [0.15, 0.2) is 0 Å². The third-order valence-electron chi connectivity index (χ3n) is 6.60. The summed E-state index contributed by atoms with van der Waals surface area (Å²) in [5, 5.41) is 3.26. The van der Waals surface area contributed by atoms with Gasteiger partial charge < -0.3 is 19.9 Å². The standard InChI is InChI=1S/C28H41N3O2/c1-8-25(29-4)21-31(7)27(32)33-26(9-2)28(20-22(3)30(5)6,23-16-12-10-13-17-23)24-18-14-11-15-19-24/h9-19,22,25,29H,8,20-21H2,1-7H3/b26-9-. The molecule has 2 rings (SSSR count). The minimum atomic E-state index is -0.607. The van der Waals surface area contributed by atoms with E-state index < -0.39 is 5.41 Å². The zero-order valence-electron chi connectivity index (χ0n) is 21.3. The molecule has 5 heteroatoms. The van der Waals surface area contributed by atoms with Crippen LogP contribution in [-0.4, -0.2) is 62.7 Å². The van der Waals surface area contributed by atoms with Gasteiger partial charge in [0.25, 0.3) is 0 Å². The molecule has 2 unspecified atom stereocenters. The molecule has 0 spiro atoms. The number of hydrogen-bond donors (Lipinski definition) is 1. The maximum atomic E-state index is 13.2. The van der Waals surface area contributed by atoms with Crippen LogP contribution in [0.5, 0.6) is 0 Å². The highest BCUT2D eigenvalue weighted by atomic mass is 16.6. The third-order valence-corrected chi connectivity index (χ3v) is 6.60. The van der Waals surface area contributed by atoms with Crippen LogP contribution in [0.4, 0.5) is 4.79 Å². The molecule has 0 aromatic heterocycles. The van der Waals surface area contributed by atoms with E-state index in [0.717, 1.165) is 24.0 Å².